The number of nitrogens with one attached hydrogen (secondary N) is 1. The Kier molecular flexibility index (Phi) is 4.63. The van der Waals surface area contributed by atoms with E-state index in [1.54, 1.807) is 23.9 Å². The van der Waals surface area contributed by atoms with Crippen LogP contribution in [0, 0.1) is 5.82 Å². The number of thioether (sulfide) groups is 1. The van der Waals surface area contributed by atoms with Gasteiger partial charge in [-0.2, -0.15) is 0 Å². The Bertz CT molecular complexity index is 403. The molecule has 1 aliphatic rings. The fourth-order valence-electron chi connectivity index (χ4n) is 2.11. The average molecular weight is 251 g/mol. The zero-order valence-electron chi connectivity index (χ0n) is 10.1. The van der Waals surface area contributed by atoms with Crippen LogP contribution >= 0.6 is 11.8 Å². The van der Waals surface area contributed by atoms with Crippen LogP contribution in [0.5, 0.6) is 0 Å². The Balaban J connectivity index is 2.04. The van der Waals surface area contributed by atoms with Crippen LogP contribution < -0.4 is 5.32 Å². The van der Waals surface area contributed by atoms with Crippen molar-refractivity contribution in [1.29, 1.82) is 0 Å². The first-order valence-corrected chi connectivity index (χ1v) is 7.07. The van der Waals surface area contributed by atoms with Crippen LogP contribution in [0.25, 0.3) is 0 Å². The third kappa shape index (κ3) is 3.11. The van der Waals surface area contributed by atoms with E-state index in [9.17, 15) is 4.39 Å². The third-order valence-electron chi connectivity index (χ3n) is 2.96. The summed E-state index contributed by atoms with van der Waals surface area (Å²) >= 11 is 1.63. The third-order valence-corrected chi connectivity index (χ3v) is 4.12. The maximum absolute atomic E-state index is 13.6. The van der Waals surface area contributed by atoms with Gasteiger partial charge in [-0.3, -0.25) is 0 Å². The van der Waals surface area contributed by atoms with Crippen molar-refractivity contribution in [3.63, 3.8) is 0 Å². The number of allylic oxidation sites excluding steroid dienone is 1. The van der Waals surface area contributed by atoms with Gasteiger partial charge in [0.25, 0.3) is 0 Å². The first-order valence-electron chi connectivity index (χ1n) is 6.08. The lowest BCUT2D eigenvalue weighted by Crippen LogP contribution is -2.25. The van der Waals surface area contributed by atoms with Gasteiger partial charge in [-0.15, -0.1) is 11.8 Å². The van der Waals surface area contributed by atoms with Crippen molar-refractivity contribution in [2.75, 3.05) is 12.3 Å². The number of hydrogen-bond acceptors (Lipinski definition) is 2. The van der Waals surface area contributed by atoms with E-state index in [4.69, 9.17) is 0 Å². The molecule has 2 rings (SSSR count). The molecule has 0 saturated carbocycles. The van der Waals surface area contributed by atoms with E-state index in [1.807, 2.05) is 13.0 Å². The fraction of sp³-hybridized carbons (Fsp3) is 0.429. The maximum atomic E-state index is 13.6. The summed E-state index contributed by atoms with van der Waals surface area (Å²) in [5, 5.41) is 3.51. The first-order chi connectivity index (χ1) is 8.33. The van der Waals surface area contributed by atoms with Gasteiger partial charge < -0.3 is 5.32 Å². The smallest absolute Gasteiger partial charge is 0.137 e. The van der Waals surface area contributed by atoms with Gasteiger partial charge in [-0.25, -0.2) is 4.39 Å². The molecule has 0 bridgehead atoms. The zero-order chi connectivity index (χ0) is 12.1. The average Bonchev–Trinajstić information content (AvgIpc) is 2.36. The molecule has 17 heavy (non-hydrogen) atoms. The molecule has 1 aromatic rings. The summed E-state index contributed by atoms with van der Waals surface area (Å²) in [6.07, 6.45) is 6.32. The van der Waals surface area contributed by atoms with Gasteiger partial charge in [-0.1, -0.05) is 24.3 Å². The molecule has 92 valence electrons. The molecule has 1 N–H and O–H groups in total. The highest BCUT2D eigenvalue weighted by molar-refractivity contribution is 7.99. The molecule has 0 saturated heterocycles. The van der Waals surface area contributed by atoms with Gasteiger partial charge >= 0.3 is 0 Å². The molecule has 1 aliphatic heterocycles. The Morgan fingerprint density at radius 2 is 2.41 bits per heavy atom. The highest BCUT2D eigenvalue weighted by Gasteiger charge is 2.22. The molecule has 0 fully saturated rings. The van der Waals surface area contributed by atoms with Crippen molar-refractivity contribution in [1.82, 2.24) is 5.32 Å². The second-order valence-electron chi connectivity index (χ2n) is 4.16. The molecule has 0 radical (unpaired) electrons. The normalized spacial score (nSPS) is 19.5. The molecular weight excluding hydrogens is 233 g/mol. The molecule has 1 nitrogen and oxygen atoms in total. The van der Waals surface area contributed by atoms with E-state index in [2.05, 4.69) is 17.5 Å². The monoisotopic (exact) mass is 251 g/mol. The number of halogens is 1. The van der Waals surface area contributed by atoms with Gasteiger partial charge in [-0.05, 0) is 43.7 Å². The lowest BCUT2D eigenvalue weighted by atomic mass is 10.0. The molecule has 0 spiro atoms. The molecule has 0 aromatic heterocycles. The maximum Gasteiger partial charge on any atom is 0.137 e. The lowest BCUT2D eigenvalue weighted by Gasteiger charge is -2.26. The topological polar surface area (TPSA) is 12.0 Å². The summed E-state index contributed by atoms with van der Waals surface area (Å²) < 4.78 is 13.6. The predicted octanol–water partition coefficient (Wildman–Crippen LogP) is 3.92. The molecule has 0 amide bonds. The second kappa shape index (κ2) is 6.22. The molecular formula is C14H18FNS. The second-order valence-corrected chi connectivity index (χ2v) is 5.26. The summed E-state index contributed by atoms with van der Waals surface area (Å²) in [7, 11) is 0. The summed E-state index contributed by atoms with van der Waals surface area (Å²) in [6, 6.07) is 5.71. The van der Waals surface area contributed by atoms with Crippen LogP contribution in [0.15, 0.2) is 35.2 Å². The largest absolute Gasteiger partial charge is 0.310 e. The van der Waals surface area contributed by atoms with Crippen LogP contribution in [0.3, 0.4) is 0 Å². The summed E-state index contributed by atoms with van der Waals surface area (Å²) in [6.45, 7) is 2.98. The summed E-state index contributed by atoms with van der Waals surface area (Å²) in [5.41, 5.74) is 1.13. The fourth-order valence-corrected chi connectivity index (χ4v) is 3.25. The molecule has 0 aliphatic carbocycles. The van der Waals surface area contributed by atoms with Crippen LogP contribution in [-0.2, 0) is 0 Å². The Morgan fingerprint density at radius 1 is 1.53 bits per heavy atom. The minimum atomic E-state index is -0.0764. The van der Waals surface area contributed by atoms with Crippen LogP contribution in [0.4, 0.5) is 4.39 Å². The number of rotatable bonds is 4. The summed E-state index contributed by atoms with van der Waals surface area (Å²) in [4.78, 5) is 0.835. The van der Waals surface area contributed by atoms with E-state index >= 15 is 0 Å². The Labute approximate surface area is 106 Å². The number of benzene rings is 1. The number of fused-ring (bicyclic) bond motifs is 1. The van der Waals surface area contributed by atoms with Crippen LogP contribution in [0.2, 0.25) is 0 Å². The molecule has 1 aromatic carbocycles. The minimum absolute atomic E-state index is 0.0764. The summed E-state index contributed by atoms with van der Waals surface area (Å²) in [5.74, 6) is 0.919. The standard InChI is InChI=1S/C14H18FNS/c1-2-3-4-9-16-13-8-10-17-14-11(13)6-5-7-12(14)15/h2-3,5-7,13,16H,4,8-10H2,1H3/b3-2+. The zero-order valence-corrected chi connectivity index (χ0v) is 10.9. The van der Waals surface area contributed by atoms with E-state index in [1.165, 1.54) is 0 Å². The van der Waals surface area contributed by atoms with Crippen LogP contribution in [-0.4, -0.2) is 12.3 Å². The van der Waals surface area contributed by atoms with Gasteiger partial charge in [0.1, 0.15) is 5.82 Å². The molecule has 1 unspecified atom stereocenters. The molecule has 1 heterocycles. The van der Waals surface area contributed by atoms with Crippen molar-refractivity contribution in [2.45, 2.75) is 30.7 Å². The Morgan fingerprint density at radius 3 is 3.24 bits per heavy atom. The van der Waals surface area contributed by atoms with Crippen molar-refractivity contribution in [2.24, 2.45) is 0 Å². The van der Waals surface area contributed by atoms with Crippen molar-refractivity contribution < 1.29 is 4.39 Å². The highest BCUT2D eigenvalue weighted by atomic mass is 32.2. The Hall–Kier alpha value is -0.800. The lowest BCUT2D eigenvalue weighted by molar-refractivity contribution is 0.502. The van der Waals surface area contributed by atoms with Gasteiger partial charge in [0.05, 0.1) is 0 Å². The predicted molar refractivity (Wildman–Crippen MR) is 71.9 cm³/mol. The quantitative estimate of drug-likeness (QED) is 0.643. The van der Waals surface area contributed by atoms with E-state index < -0.39 is 0 Å². The highest BCUT2D eigenvalue weighted by Crippen LogP contribution is 2.37. The molecule has 1 atom stereocenters. The first kappa shape index (κ1) is 12.7. The van der Waals surface area contributed by atoms with Crippen LogP contribution in [0.1, 0.15) is 31.4 Å². The van der Waals surface area contributed by atoms with Crippen molar-refractivity contribution >= 4 is 11.8 Å². The number of hydrogen-bond donors (Lipinski definition) is 1. The molecule has 3 heteroatoms. The van der Waals surface area contributed by atoms with Crippen molar-refractivity contribution in [3.8, 4) is 0 Å². The minimum Gasteiger partial charge on any atom is -0.310 e. The van der Waals surface area contributed by atoms with Gasteiger partial charge in [0.15, 0.2) is 0 Å². The van der Waals surface area contributed by atoms with E-state index in [-0.39, 0.29) is 5.82 Å². The van der Waals surface area contributed by atoms with Gasteiger partial charge in [0, 0.05) is 10.9 Å². The van der Waals surface area contributed by atoms with Crippen molar-refractivity contribution in [3.05, 3.63) is 41.7 Å². The van der Waals surface area contributed by atoms with E-state index in [0.717, 1.165) is 35.6 Å². The van der Waals surface area contributed by atoms with E-state index in [0.29, 0.717) is 6.04 Å². The SMILES string of the molecule is C/C=C/CCNC1CCSc2c(F)cccc21. The van der Waals surface area contributed by atoms with Gasteiger partial charge in [0.2, 0.25) is 0 Å².